The van der Waals surface area contributed by atoms with Gasteiger partial charge in [-0.25, -0.2) is 4.98 Å². The first kappa shape index (κ1) is 10.9. The van der Waals surface area contributed by atoms with Crippen molar-refractivity contribution in [3.8, 4) is 5.75 Å². The van der Waals surface area contributed by atoms with Crippen LogP contribution in [0.5, 0.6) is 5.75 Å². The van der Waals surface area contributed by atoms with E-state index in [4.69, 9.17) is 4.74 Å². The van der Waals surface area contributed by atoms with Crippen LogP contribution >= 0.6 is 15.9 Å². The van der Waals surface area contributed by atoms with Crippen LogP contribution in [0.4, 0.5) is 0 Å². The van der Waals surface area contributed by atoms with E-state index in [0.717, 1.165) is 16.0 Å². The molecule has 0 spiro atoms. The molecule has 1 aliphatic rings. The van der Waals surface area contributed by atoms with E-state index < -0.39 is 0 Å². The standard InChI is InChI=1S/C12H16BrNO/c1-12(2,3)10-6-9(7-11(13)14-10)15-8-4-5-8/h6-8H,4-5H2,1-3H3. The maximum atomic E-state index is 5.77. The van der Waals surface area contributed by atoms with Crippen molar-refractivity contribution in [2.24, 2.45) is 0 Å². The lowest BCUT2D eigenvalue weighted by Crippen LogP contribution is -2.14. The fourth-order valence-electron chi connectivity index (χ4n) is 1.30. The van der Waals surface area contributed by atoms with Gasteiger partial charge in [0.15, 0.2) is 0 Å². The van der Waals surface area contributed by atoms with E-state index in [1.54, 1.807) is 0 Å². The molecule has 0 bridgehead atoms. The average Bonchev–Trinajstić information content (AvgIpc) is 2.85. The van der Waals surface area contributed by atoms with Crippen LogP contribution in [0, 0.1) is 0 Å². The highest BCUT2D eigenvalue weighted by Crippen LogP contribution is 2.31. The summed E-state index contributed by atoms with van der Waals surface area (Å²) in [6, 6.07) is 3.98. The van der Waals surface area contributed by atoms with E-state index in [0.29, 0.717) is 6.10 Å². The van der Waals surface area contributed by atoms with Crippen LogP contribution in [0.25, 0.3) is 0 Å². The van der Waals surface area contributed by atoms with E-state index in [2.05, 4.69) is 41.7 Å². The van der Waals surface area contributed by atoms with Gasteiger partial charge in [0, 0.05) is 17.5 Å². The Balaban J connectivity index is 2.27. The first-order chi connectivity index (χ1) is 6.95. The molecule has 0 aromatic carbocycles. The van der Waals surface area contributed by atoms with Gasteiger partial charge in [-0.2, -0.15) is 0 Å². The molecule has 1 aromatic heterocycles. The summed E-state index contributed by atoms with van der Waals surface area (Å²) in [4.78, 5) is 4.47. The Bertz CT molecular complexity index is 366. The molecule has 0 radical (unpaired) electrons. The molecule has 82 valence electrons. The molecule has 1 fully saturated rings. The molecule has 0 saturated heterocycles. The maximum absolute atomic E-state index is 5.77. The number of rotatable bonds is 2. The van der Waals surface area contributed by atoms with E-state index in [1.165, 1.54) is 12.8 Å². The van der Waals surface area contributed by atoms with E-state index in [9.17, 15) is 0 Å². The number of halogens is 1. The van der Waals surface area contributed by atoms with Crippen LogP contribution in [0.3, 0.4) is 0 Å². The minimum absolute atomic E-state index is 0.0610. The quantitative estimate of drug-likeness (QED) is 0.765. The highest BCUT2D eigenvalue weighted by Gasteiger charge is 2.24. The van der Waals surface area contributed by atoms with Crippen molar-refractivity contribution in [3.63, 3.8) is 0 Å². The number of hydrogen-bond donors (Lipinski definition) is 0. The third-order valence-electron chi connectivity index (χ3n) is 2.36. The zero-order chi connectivity index (χ0) is 11.1. The average molecular weight is 270 g/mol. The summed E-state index contributed by atoms with van der Waals surface area (Å²) in [5.74, 6) is 0.935. The van der Waals surface area contributed by atoms with Crippen molar-refractivity contribution in [1.82, 2.24) is 4.98 Å². The maximum Gasteiger partial charge on any atom is 0.124 e. The van der Waals surface area contributed by atoms with Gasteiger partial charge in [0.2, 0.25) is 0 Å². The van der Waals surface area contributed by atoms with Crippen LogP contribution in [0.15, 0.2) is 16.7 Å². The summed E-state index contributed by atoms with van der Waals surface area (Å²) in [6.07, 6.45) is 2.81. The summed E-state index contributed by atoms with van der Waals surface area (Å²) in [5.41, 5.74) is 1.12. The van der Waals surface area contributed by atoms with Gasteiger partial charge in [-0.3, -0.25) is 0 Å². The molecule has 0 N–H and O–H groups in total. The predicted molar refractivity (Wildman–Crippen MR) is 64.3 cm³/mol. The first-order valence-electron chi connectivity index (χ1n) is 5.30. The van der Waals surface area contributed by atoms with Crippen LogP contribution in [0.1, 0.15) is 39.3 Å². The molecule has 0 aliphatic heterocycles. The van der Waals surface area contributed by atoms with Gasteiger partial charge in [0.05, 0.1) is 11.8 Å². The first-order valence-corrected chi connectivity index (χ1v) is 6.09. The number of hydrogen-bond acceptors (Lipinski definition) is 2. The molecule has 15 heavy (non-hydrogen) atoms. The Labute approximate surface area is 99.2 Å². The second-order valence-corrected chi connectivity index (χ2v) is 5.89. The number of pyridine rings is 1. The highest BCUT2D eigenvalue weighted by atomic mass is 79.9. The van der Waals surface area contributed by atoms with Gasteiger partial charge in [-0.05, 0) is 28.8 Å². The summed E-state index contributed by atoms with van der Waals surface area (Å²) in [7, 11) is 0. The summed E-state index contributed by atoms with van der Waals surface area (Å²) in [5, 5.41) is 0. The summed E-state index contributed by atoms with van der Waals surface area (Å²) in [6.45, 7) is 6.47. The largest absolute Gasteiger partial charge is 0.490 e. The van der Waals surface area contributed by atoms with Crippen molar-refractivity contribution < 1.29 is 4.74 Å². The Hall–Kier alpha value is -0.570. The number of ether oxygens (including phenoxy) is 1. The minimum Gasteiger partial charge on any atom is -0.490 e. The molecule has 0 unspecified atom stereocenters. The normalized spacial score (nSPS) is 16.5. The molecule has 2 rings (SSSR count). The Morgan fingerprint density at radius 1 is 1.33 bits per heavy atom. The van der Waals surface area contributed by atoms with E-state index in [-0.39, 0.29) is 5.41 Å². The molecule has 3 heteroatoms. The van der Waals surface area contributed by atoms with E-state index in [1.807, 2.05) is 12.1 Å². The topological polar surface area (TPSA) is 22.1 Å². The fourth-order valence-corrected chi connectivity index (χ4v) is 1.72. The Morgan fingerprint density at radius 3 is 2.53 bits per heavy atom. The fraction of sp³-hybridized carbons (Fsp3) is 0.583. The molecular weight excluding hydrogens is 254 g/mol. The summed E-state index contributed by atoms with van der Waals surface area (Å²) < 4.78 is 6.62. The van der Waals surface area contributed by atoms with Crippen LogP contribution < -0.4 is 4.74 Å². The lowest BCUT2D eigenvalue weighted by molar-refractivity contribution is 0.301. The van der Waals surface area contributed by atoms with Gasteiger partial charge >= 0.3 is 0 Å². The second kappa shape index (κ2) is 3.78. The molecule has 0 atom stereocenters. The molecule has 1 heterocycles. The van der Waals surface area contributed by atoms with Crippen molar-refractivity contribution >= 4 is 15.9 Å². The second-order valence-electron chi connectivity index (χ2n) is 5.08. The van der Waals surface area contributed by atoms with E-state index >= 15 is 0 Å². The SMILES string of the molecule is CC(C)(C)c1cc(OC2CC2)cc(Br)n1. The van der Waals surface area contributed by atoms with Crippen molar-refractivity contribution in [2.45, 2.75) is 45.1 Å². The van der Waals surface area contributed by atoms with Gasteiger partial charge in [-0.1, -0.05) is 20.8 Å². The number of aromatic nitrogens is 1. The lowest BCUT2D eigenvalue weighted by atomic mass is 9.92. The van der Waals surface area contributed by atoms with Crippen molar-refractivity contribution in [2.75, 3.05) is 0 Å². The third kappa shape index (κ3) is 2.94. The smallest absolute Gasteiger partial charge is 0.124 e. The van der Waals surface area contributed by atoms with Crippen molar-refractivity contribution in [1.29, 1.82) is 0 Å². The third-order valence-corrected chi connectivity index (χ3v) is 2.77. The molecule has 1 aliphatic carbocycles. The molecule has 1 saturated carbocycles. The lowest BCUT2D eigenvalue weighted by Gasteiger charge is -2.19. The number of nitrogens with zero attached hydrogens (tertiary/aromatic N) is 1. The minimum atomic E-state index is 0.0610. The van der Waals surface area contributed by atoms with Crippen LogP contribution in [-0.2, 0) is 5.41 Å². The molecule has 2 nitrogen and oxygen atoms in total. The molecule has 1 aromatic rings. The predicted octanol–water partition coefficient (Wildman–Crippen LogP) is 3.68. The van der Waals surface area contributed by atoms with Crippen molar-refractivity contribution in [3.05, 3.63) is 22.4 Å². The molecular formula is C12H16BrNO. The highest BCUT2D eigenvalue weighted by molar-refractivity contribution is 9.10. The van der Waals surface area contributed by atoms with Crippen LogP contribution in [-0.4, -0.2) is 11.1 Å². The molecule has 0 amide bonds. The van der Waals surface area contributed by atoms with Gasteiger partial charge in [0.25, 0.3) is 0 Å². The Kier molecular flexibility index (Phi) is 2.75. The zero-order valence-electron chi connectivity index (χ0n) is 9.38. The van der Waals surface area contributed by atoms with Gasteiger partial charge in [-0.15, -0.1) is 0 Å². The Morgan fingerprint density at radius 2 is 2.00 bits per heavy atom. The van der Waals surface area contributed by atoms with Gasteiger partial charge < -0.3 is 4.74 Å². The monoisotopic (exact) mass is 269 g/mol. The van der Waals surface area contributed by atoms with Gasteiger partial charge in [0.1, 0.15) is 10.4 Å². The zero-order valence-corrected chi connectivity index (χ0v) is 11.0. The van der Waals surface area contributed by atoms with Crippen LogP contribution in [0.2, 0.25) is 0 Å². The summed E-state index contributed by atoms with van der Waals surface area (Å²) >= 11 is 3.42.